The van der Waals surface area contributed by atoms with Crippen LogP contribution < -0.4 is 0 Å². The van der Waals surface area contributed by atoms with Gasteiger partial charge in [-0.25, -0.2) is 8.42 Å². The molecular weight excluding hydrogens is 412 g/mol. The zero-order valence-electron chi connectivity index (χ0n) is 13.8. The normalized spacial score (nSPS) is 22.0. The smallest absolute Gasteiger partial charge is 0.252 e. The first-order valence-electron chi connectivity index (χ1n) is 8.44. The predicted molar refractivity (Wildman–Crippen MR) is 98.5 cm³/mol. The highest BCUT2D eigenvalue weighted by atomic mass is 79.9. The molecule has 2 aliphatic heterocycles. The van der Waals surface area contributed by atoms with Gasteiger partial charge in [-0.2, -0.15) is 4.31 Å². The van der Waals surface area contributed by atoms with E-state index in [2.05, 4.69) is 15.9 Å². The number of thiophene rings is 1. The van der Waals surface area contributed by atoms with Crippen molar-refractivity contribution in [3.05, 3.63) is 15.9 Å². The maximum Gasteiger partial charge on any atom is 0.252 e. The van der Waals surface area contributed by atoms with Gasteiger partial charge in [-0.1, -0.05) is 6.92 Å². The molecule has 3 heterocycles. The molecule has 0 radical (unpaired) electrons. The fourth-order valence-corrected chi connectivity index (χ4v) is 7.24. The Balaban J connectivity index is 1.60. The molecule has 0 spiro atoms. The molecule has 2 aliphatic rings. The number of carbonyl (C=O) groups excluding carboxylic acids is 1. The van der Waals surface area contributed by atoms with Crippen molar-refractivity contribution in [2.75, 3.05) is 26.2 Å². The first kappa shape index (κ1) is 18.4. The summed E-state index contributed by atoms with van der Waals surface area (Å²) < 4.78 is 28.1. The number of amides is 1. The van der Waals surface area contributed by atoms with Crippen LogP contribution in [0.5, 0.6) is 0 Å². The van der Waals surface area contributed by atoms with Gasteiger partial charge >= 0.3 is 0 Å². The molecule has 1 aromatic heterocycles. The molecule has 0 aliphatic carbocycles. The lowest BCUT2D eigenvalue weighted by Crippen LogP contribution is -2.43. The Kier molecular flexibility index (Phi) is 5.68. The van der Waals surface area contributed by atoms with Crippen molar-refractivity contribution >= 4 is 43.2 Å². The van der Waals surface area contributed by atoms with E-state index in [1.165, 1.54) is 11.3 Å². The highest BCUT2D eigenvalue weighted by Crippen LogP contribution is 2.33. The Bertz CT molecular complexity index is 690. The largest absolute Gasteiger partial charge is 0.342 e. The number of sulfonamides is 1. The van der Waals surface area contributed by atoms with Crippen LogP contribution in [0.4, 0.5) is 0 Å². The van der Waals surface area contributed by atoms with Gasteiger partial charge in [-0.05, 0) is 59.7 Å². The van der Waals surface area contributed by atoms with Crippen molar-refractivity contribution < 1.29 is 13.2 Å². The summed E-state index contributed by atoms with van der Waals surface area (Å²) in [5, 5.41) is 0. The molecule has 0 unspecified atom stereocenters. The Labute approximate surface area is 156 Å². The molecule has 2 saturated heterocycles. The lowest BCUT2D eigenvalue weighted by Gasteiger charge is -2.34. The molecule has 1 aromatic rings. The highest BCUT2D eigenvalue weighted by Gasteiger charge is 2.35. The number of hydrogen-bond donors (Lipinski definition) is 0. The van der Waals surface area contributed by atoms with E-state index in [4.69, 9.17) is 0 Å². The van der Waals surface area contributed by atoms with Gasteiger partial charge in [0.25, 0.3) is 10.0 Å². The average molecular weight is 435 g/mol. The zero-order valence-corrected chi connectivity index (χ0v) is 17.0. The van der Waals surface area contributed by atoms with Crippen LogP contribution in [0.25, 0.3) is 0 Å². The van der Waals surface area contributed by atoms with Crippen LogP contribution in [0.1, 0.15) is 32.6 Å². The molecule has 0 bridgehead atoms. The summed E-state index contributed by atoms with van der Waals surface area (Å²) in [7, 11) is -3.40. The first-order valence-corrected chi connectivity index (χ1v) is 11.5. The molecule has 134 valence electrons. The van der Waals surface area contributed by atoms with Gasteiger partial charge in [0.1, 0.15) is 4.21 Å². The topological polar surface area (TPSA) is 57.7 Å². The van der Waals surface area contributed by atoms with Gasteiger partial charge in [0.15, 0.2) is 0 Å². The Morgan fingerprint density at radius 3 is 2.38 bits per heavy atom. The van der Waals surface area contributed by atoms with Gasteiger partial charge in [-0.15, -0.1) is 11.3 Å². The van der Waals surface area contributed by atoms with E-state index in [9.17, 15) is 13.2 Å². The van der Waals surface area contributed by atoms with E-state index in [0.29, 0.717) is 17.3 Å². The number of rotatable bonds is 4. The Morgan fingerprint density at radius 2 is 1.83 bits per heavy atom. The monoisotopic (exact) mass is 434 g/mol. The van der Waals surface area contributed by atoms with Gasteiger partial charge in [0, 0.05) is 32.1 Å². The molecule has 0 aromatic carbocycles. The Hall–Kier alpha value is -0.440. The fourth-order valence-electron chi connectivity index (χ4n) is 3.61. The van der Waals surface area contributed by atoms with Crippen LogP contribution in [-0.2, 0) is 14.8 Å². The number of piperidine rings is 1. The molecule has 2 fully saturated rings. The molecular formula is C16H23BrN2O3S2. The predicted octanol–water partition coefficient (Wildman–Crippen LogP) is 3.17. The van der Waals surface area contributed by atoms with Crippen LogP contribution in [0, 0.1) is 11.8 Å². The molecule has 0 saturated carbocycles. The molecule has 1 amide bonds. The standard InChI is InChI=1S/C16H23BrN2O3S2/c1-12(16(20)18-8-2-3-9-18)13-6-10-19(11-7-13)24(21,22)15-5-4-14(17)23-15/h4-5,12-13H,2-3,6-11H2,1H3/t12-/m0/s1. The van der Waals surface area contributed by atoms with Crippen LogP contribution >= 0.6 is 27.3 Å². The SMILES string of the molecule is C[C@H](C(=O)N1CCCC1)C1CCN(S(=O)(=O)c2ccc(Br)s2)CC1. The number of halogens is 1. The summed E-state index contributed by atoms with van der Waals surface area (Å²) in [6, 6.07) is 3.41. The number of likely N-dealkylation sites (tertiary alicyclic amines) is 1. The summed E-state index contributed by atoms with van der Waals surface area (Å²) in [4.78, 5) is 14.5. The third-order valence-electron chi connectivity index (χ3n) is 5.16. The van der Waals surface area contributed by atoms with Crippen LogP contribution in [0.2, 0.25) is 0 Å². The first-order chi connectivity index (χ1) is 11.4. The second-order valence-electron chi connectivity index (χ2n) is 6.62. The van der Waals surface area contributed by atoms with E-state index < -0.39 is 10.0 Å². The van der Waals surface area contributed by atoms with Gasteiger partial charge < -0.3 is 4.90 Å². The second kappa shape index (κ2) is 7.43. The molecule has 8 heteroatoms. The molecule has 5 nitrogen and oxygen atoms in total. The lowest BCUT2D eigenvalue weighted by atomic mass is 9.85. The van der Waals surface area contributed by atoms with Crippen LogP contribution in [-0.4, -0.2) is 49.7 Å². The zero-order chi connectivity index (χ0) is 17.3. The maximum absolute atomic E-state index is 12.7. The van der Waals surface area contributed by atoms with Crippen molar-refractivity contribution in [2.45, 2.75) is 36.8 Å². The lowest BCUT2D eigenvalue weighted by molar-refractivity contribution is -0.136. The molecule has 0 N–H and O–H groups in total. The Morgan fingerprint density at radius 1 is 1.21 bits per heavy atom. The van der Waals surface area contributed by atoms with Crippen molar-refractivity contribution in [1.82, 2.24) is 9.21 Å². The van der Waals surface area contributed by atoms with Gasteiger partial charge in [-0.3, -0.25) is 4.79 Å². The van der Waals surface area contributed by atoms with Crippen LogP contribution in [0.15, 0.2) is 20.1 Å². The van der Waals surface area contributed by atoms with E-state index in [1.807, 2.05) is 11.8 Å². The van der Waals surface area contributed by atoms with Crippen molar-refractivity contribution in [3.8, 4) is 0 Å². The van der Waals surface area contributed by atoms with Crippen LogP contribution in [0.3, 0.4) is 0 Å². The summed E-state index contributed by atoms with van der Waals surface area (Å²) >= 11 is 4.56. The molecule has 24 heavy (non-hydrogen) atoms. The number of nitrogens with zero attached hydrogens (tertiary/aromatic N) is 2. The van der Waals surface area contributed by atoms with E-state index >= 15 is 0 Å². The number of hydrogen-bond acceptors (Lipinski definition) is 4. The third-order valence-corrected chi connectivity index (χ3v) is 9.15. The van der Waals surface area contributed by atoms with Gasteiger partial charge in [0.05, 0.1) is 3.79 Å². The minimum atomic E-state index is -3.40. The summed E-state index contributed by atoms with van der Waals surface area (Å²) in [5.74, 6) is 0.513. The summed E-state index contributed by atoms with van der Waals surface area (Å²) in [6.07, 6.45) is 3.72. The van der Waals surface area contributed by atoms with Crippen molar-refractivity contribution in [3.63, 3.8) is 0 Å². The van der Waals surface area contributed by atoms with E-state index in [-0.39, 0.29) is 17.7 Å². The maximum atomic E-state index is 12.7. The molecule has 1 atom stereocenters. The number of carbonyl (C=O) groups is 1. The van der Waals surface area contributed by atoms with Crippen molar-refractivity contribution in [2.24, 2.45) is 11.8 Å². The molecule has 3 rings (SSSR count). The third kappa shape index (κ3) is 3.71. The summed E-state index contributed by atoms with van der Waals surface area (Å²) in [5.41, 5.74) is 0. The minimum absolute atomic E-state index is 0.0103. The summed E-state index contributed by atoms with van der Waals surface area (Å²) in [6.45, 7) is 4.76. The fraction of sp³-hybridized carbons (Fsp3) is 0.688. The quantitative estimate of drug-likeness (QED) is 0.730. The van der Waals surface area contributed by atoms with Gasteiger partial charge in [0.2, 0.25) is 5.91 Å². The van der Waals surface area contributed by atoms with E-state index in [1.54, 1.807) is 16.4 Å². The van der Waals surface area contributed by atoms with E-state index in [0.717, 1.165) is 42.6 Å². The van der Waals surface area contributed by atoms with Crippen molar-refractivity contribution in [1.29, 1.82) is 0 Å². The minimum Gasteiger partial charge on any atom is -0.342 e. The highest BCUT2D eigenvalue weighted by molar-refractivity contribution is 9.11. The second-order valence-corrected chi connectivity index (χ2v) is 11.2. The average Bonchev–Trinajstić information content (AvgIpc) is 3.25.